The summed E-state index contributed by atoms with van der Waals surface area (Å²) < 4.78 is 4.86. The van der Waals surface area contributed by atoms with Gasteiger partial charge in [0.25, 0.3) is 0 Å². The number of ketones is 1. The lowest BCUT2D eigenvalue weighted by Gasteiger charge is -2.60. The highest BCUT2D eigenvalue weighted by molar-refractivity contribution is 5.83. The smallest absolute Gasteiger partial charge is 0.305 e. The zero-order valence-electron chi connectivity index (χ0n) is 22.5. The van der Waals surface area contributed by atoms with E-state index in [0.29, 0.717) is 53.1 Å². The van der Waals surface area contributed by atoms with E-state index >= 15 is 0 Å². The molecule has 0 N–H and O–H groups in total. The molecular weight excluding hydrogens is 396 g/mol. The predicted octanol–water partition coefficient (Wildman–Crippen LogP) is 7.86. The lowest BCUT2D eigenvalue weighted by molar-refractivity contribution is -0.156. The van der Waals surface area contributed by atoms with E-state index in [2.05, 4.69) is 20.8 Å². The topological polar surface area (TPSA) is 43.4 Å². The summed E-state index contributed by atoms with van der Waals surface area (Å²) in [6.07, 6.45) is 12.6. The van der Waals surface area contributed by atoms with E-state index in [1.807, 2.05) is 27.7 Å². The second-order valence-electron chi connectivity index (χ2n) is 11.2. The molecule has 0 aromatic heterocycles. The Hall–Kier alpha value is -0.860. The van der Waals surface area contributed by atoms with Gasteiger partial charge in [0.1, 0.15) is 5.78 Å². The molecule has 4 saturated carbocycles. The van der Waals surface area contributed by atoms with Gasteiger partial charge in [0.15, 0.2) is 0 Å². The number of ether oxygens (including phenoxy) is 1. The number of Topliss-reactive ketones (excluding diaryl/α,β-unsaturated/α-hetero) is 1. The zero-order chi connectivity index (χ0) is 24.1. The molecule has 8 atom stereocenters. The van der Waals surface area contributed by atoms with Gasteiger partial charge < -0.3 is 4.74 Å². The Morgan fingerprint density at radius 3 is 2.28 bits per heavy atom. The maximum Gasteiger partial charge on any atom is 0.305 e. The fraction of sp³-hybridized carbons (Fsp3) is 0.931. The molecule has 0 spiro atoms. The maximum atomic E-state index is 13.4. The van der Waals surface area contributed by atoms with Gasteiger partial charge in [0.2, 0.25) is 0 Å². The van der Waals surface area contributed by atoms with Crippen molar-refractivity contribution in [1.82, 2.24) is 0 Å². The minimum Gasteiger partial charge on any atom is -0.469 e. The highest BCUT2D eigenvalue weighted by atomic mass is 16.5. The molecule has 4 rings (SSSR count). The standard InChI is InChI=1S/C25H40O3.2C2H6/c1-16(8-11-22(27)28-4)18-9-10-19-23-20(12-14-25(18,19)3)24(2)13-6-5-7-17(24)15-21(23)26;2*1-2/h16-20,23H,5-15H2,1-4H3;2*1-2H3/t16-,17?,18?,19?,20?,23?,24?,25?;;/m1../s1. The molecule has 0 bridgehead atoms. The summed E-state index contributed by atoms with van der Waals surface area (Å²) in [6.45, 7) is 15.4. The molecule has 4 fully saturated rings. The Morgan fingerprint density at radius 1 is 0.969 bits per heavy atom. The van der Waals surface area contributed by atoms with Crippen LogP contribution in [0.3, 0.4) is 0 Å². The van der Waals surface area contributed by atoms with E-state index in [1.165, 1.54) is 58.5 Å². The van der Waals surface area contributed by atoms with Gasteiger partial charge in [0.05, 0.1) is 7.11 Å². The van der Waals surface area contributed by atoms with Crippen LogP contribution in [0.15, 0.2) is 0 Å². The summed E-state index contributed by atoms with van der Waals surface area (Å²) in [5.74, 6) is 3.86. The van der Waals surface area contributed by atoms with Gasteiger partial charge in [-0.15, -0.1) is 0 Å². The molecule has 0 radical (unpaired) electrons. The predicted molar refractivity (Wildman–Crippen MR) is 133 cm³/mol. The molecule has 0 heterocycles. The average molecular weight is 449 g/mol. The van der Waals surface area contributed by atoms with Crippen molar-refractivity contribution in [3.05, 3.63) is 0 Å². The molecule has 0 amide bonds. The van der Waals surface area contributed by atoms with E-state index < -0.39 is 0 Å². The van der Waals surface area contributed by atoms with E-state index in [0.717, 1.165) is 12.8 Å². The molecule has 0 aromatic rings. The lowest BCUT2D eigenvalue weighted by atomic mass is 9.44. The Labute approximate surface area is 198 Å². The minimum atomic E-state index is -0.0889. The van der Waals surface area contributed by atoms with Crippen LogP contribution in [0.2, 0.25) is 0 Å². The van der Waals surface area contributed by atoms with Crippen LogP contribution in [0.5, 0.6) is 0 Å². The molecule has 3 nitrogen and oxygen atoms in total. The Morgan fingerprint density at radius 2 is 1.62 bits per heavy atom. The number of carbonyl (C=O) groups excluding carboxylic acids is 2. The van der Waals surface area contributed by atoms with Crippen LogP contribution < -0.4 is 0 Å². The monoisotopic (exact) mass is 448 g/mol. The van der Waals surface area contributed by atoms with Gasteiger partial charge in [-0.3, -0.25) is 9.59 Å². The van der Waals surface area contributed by atoms with Crippen molar-refractivity contribution in [2.45, 2.75) is 119 Å². The Kier molecular flexibility index (Phi) is 9.86. The number of hydrogen-bond acceptors (Lipinski definition) is 3. The first-order chi connectivity index (χ1) is 15.3. The molecule has 186 valence electrons. The maximum absolute atomic E-state index is 13.4. The third-order valence-electron chi connectivity index (χ3n) is 10.2. The summed E-state index contributed by atoms with van der Waals surface area (Å²) in [7, 11) is 1.48. The molecular formula is C29H52O3. The zero-order valence-corrected chi connectivity index (χ0v) is 22.5. The second-order valence-corrected chi connectivity index (χ2v) is 11.2. The number of esters is 1. The van der Waals surface area contributed by atoms with Gasteiger partial charge in [0, 0.05) is 18.8 Å². The summed E-state index contributed by atoms with van der Waals surface area (Å²) in [5, 5.41) is 0. The van der Waals surface area contributed by atoms with Crippen LogP contribution in [-0.2, 0) is 14.3 Å². The third kappa shape index (κ3) is 4.83. The van der Waals surface area contributed by atoms with Crippen LogP contribution >= 0.6 is 0 Å². The second kappa shape index (κ2) is 11.5. The van der Waals surface area contributed by atoms with Crippen molar-refractivity contribution in [1.29, 1.82) is 0 Å². The van der Waals surface area contributed by atoms with Crippen molar-refractivity contribution in [3.8, 4) is 0 Å². The van der Waals surface area contributed by atoms with E-state index in [-0.39, 0.29) is 11.4 Å². The van der Waals surface area contributed by atoms with Gasteiger partial charge in [-0.05, 0) is 85.4 Å². The molecule has 32 heavy (non-hydrogen) atoms. The molecule has 4 aliphatic carbocycles. The Balaban J connectivity index is 0.000000860. The highest BCUT2D eigenvalue weighted by Crippen LogP contribution is 2.67. The fourth-order valence-corrected chi connectivity index (χ4v) is 8.59. The SMILES string of the molecule is CC.CC.COC(=O)CC[C@@H](C)C1CCC2C3C(=O)CC4CCCCC4(C)C3CCC21C. The Bertz CT molecular complexity index is 628. The quantitative estimate of drug-likeness (QED) is 0.411. The van der Waals surface area contributed by atoms with Crippen molar-refractivity contribution in [2.24, 2.45) is 46.3 Å². The van der Waals surface area contributed by atoms with Gasteiger partial charge in [-0.1, -0.05) is 61.3 Å². The largest absolute Gasteiger partial charge is 0.469 e. The summed E-state index contributed by atoms with van der Waals surface area (Å²) in [4.78, 5) is 25.0. The van der Waals surface area contributed by atoms with Gasteiger partial charge in [-0.2, -0.15) is 0 Å². The van der Waals surface area contributed by atoms with E-state index in [4.69, 9.17) is 4.74 Å². The molecule has 0 saturated heterocycles. The normalized spacial score (nSPS) is 40.9. The first kappa shape index (κ1) is 27.4. The van der Waals surface area contributed by atoms with Crippen molar-refractivity contribution >= 4 is 11.8 Å². The first-order valence-corrected chi connectivity index (χ1v) is 13.9. The molecule has 0 aliphatic heterocycles. The molecule has 7 unspecified atom stereocenters. The average Bonchev–Trinajstić information content (AvgIpc) is 3.17. The summed E-state index contributed by atoms with van der Waals surface area (Å²) in [6, 6.07) is 0. The van der Waals surface area contributed by atoms with Crippen LogP contribution in [0, 0.1) is 46.3 Å². The van der Waals surface area contributed by atoms with Crippen LogP contribution in [0.1, 0.15) is 119 Å². The van der Waals surface area contributed by atoms with Gasteiger partial charge in [-0.25, -0.2) is 0 Å². The number of hydrogen-bond donors (Lipinski definition) is 0. The van der Waals surface area contributed by atoms with E-state index in [1.54, 1.807) is 0 Å². The van der Waals surface area contributed by atoms with E-state index in [9.17, 15) is 9.59 Å². The van der Waals surface area contributed by atoms with Crippen LogP contribution in [0.25, 0.3) is 0 Å². The van der Waals surface area contributed by atoms with Crippen molar-refractivity contribution in [3.63, 3.8) is 0 Å². The summed E-state index contributed by atoms with van der Waals surface area (Å²) in [5.41, 5.74) is 0.691. The number of carbonyl (C=O) groups is 2. The van der Waals surface area contributed by atoms with Crippen LogP contribution in [-0.4, -0.2) is 18.9 Å². The number of methoxy groups -OCH3 is 1. The fourth-order valence-electron chi connectivity index (χ4n) is 8.59. The van der Waals surface area contributed by atoms with Crippen LogP contribution in [0.4, 0.5) is 0 Å². The molecule has 4 aliphatic rings. The molecule has 0 aromatic carbocycles. The lowest BCUT2D eigenvalue weighted by Crippen LogP contribution is -2.56. The third-order valence-corrected chi connectivity index (χ3v) is 10.2. The first-order valence-electron chi connectivity index (χ1n) is 13.9. The van der Waals surface area contributed by atoms with Gasteiger partial charge >= 0.3 is 5.97 Å². The minimum absolute atomic E-state index is 0.0889. The van der Waals surface area contributed by atoms with Crippen molar-refractivity contribution in [2.75, 3.05) is 7.11 Å². The molecule has 3 heteroatoms. The summed E-state index contributed by atoms with van der Waals surface area (Å²) >= 11 is 0. The van der Waals surface area contributed by atoms with Crippen molar-refractivity contribution < 1.29 is 14.3 Å². The number of rotatable bonds is 4. The highest BCUT2D eigenvalue weighted by Gasteiger charge is 2.62. The number of fused-ring (bicyclic) bond motifs is 5.